The van der Waals surface area contributed by atoms with Crippen LogP contribution in [0.2, 0.25) is 5.02 Å². The number of carbonyl (C=O) groups is 1. The van der Waals surface area contributed by atoms with Gasteiger partial charge in [0.1, 0.15) is 11.5 Å². The number of hydrogen-bond donors (Lipinski definition) is 0. The Hall–Kier alpha value is -3.03. The molecule has 0 unspecified atom stereocenters. The van der Waals surface area contributed by atoms with Crippen molar-refractivity contribution in [3.8, 4) is 5.75 Å². The average molecular weight is 418 g/mol. The quantitative estimate of drug-likeness (QED) is 0.338. The Bertz CT molecular complexity index is 1070. The first-order valence-corrected chi connectivity index (χ1v) is 9.96. The molecule has 2 aromatic carbocycles. The third-order valence-corrected chi connectivity index (χ3v) is 5.87. The molecule has 1 aromatic heterocycles. The molecular formula is C20H16ClNO5S. The normalized spacial score (nSPS) is 11.5. The summed E-state index contributed by atoms with van der Waals surface area (Å²) in [6.45, 7) is 0. The standard InChI is InChI=1S/C20H16ClNO5S/c1-22(28(24,25)19-11-4-15(21)5-12-19)16-6-8-18(9-7-16)27-20(23)13-10-17-3-2-14-26-17/h2-14H,1H3/b13-10+. The van der Waals surface area contributed by atoms with Crippen LogP contribution in [0.25, 0.3) is 6.08 Å². The molecule has 0 saturated heterocycles. The highest BCUT2D eigenvalue weighted by Crippen LogP contribution is 2.25. The molecule has 0 radical (unpaired) electrons. The second kappa shape index (κ2) is 8.33. The highest BCUT2D eigenvalue weighted by Gasteiger charge is 2.21. The van der Waals surface area contributed by atoms with Crippen LogP contribution < -0.4 is 9.04 Å². The Morgan fingerprint density at radius 1 is 1.07 bits per heavy atom. The number of nitrogens with zero attached hydrogens (tertiary/aromatic N) is 1. The van der Waals surface area contributed by atoms with E-state index in [4.69, 9.17) is 20.8 Å². The zero-order valence-corrected chi connectivity index (χ0v) is 16.4. The summed E-state index contributed by atoms with van der Waals surface area (Å²) in [4.78, 5) is 12.0. The molecule has 0 aliphatic rings. The summed E-state index contributed by atoms with van der Waals surface area (Å²) in [5.41, 5.74) is 0.417. The fraction of sp³-hybridized carbons (Fsp3) is 0.0500. The predicted octanol–water partition coefficient (Wildman–Crippen LogP) is 4.38. The third-order valence-electron chi connectivity index (χ3n) is 3.82. The van der Waals surface area contributed by atoms with E-state index in [9.17, 15) is 13.2 Å². The number of ether oxygens (including phenoxy) is 1. The van der Waals surface area contributed by atoms with Gasteiger partial charge in [-0.2, -0.15) is 0 Å². The van der Waals surface area contributed by atoms with Crippen LogP contribution in [0.1, 0.15) is 5.76 Å². The minimum absolute atomic E-state index is 0.123. The highest BCUT2D eigenvalue weighted by atomic mass is 35.5. The van der Waals surface area contributed by atoms with E-state index < -0.39 is 16.0 Å². The van der Waals surface area contributed by atoms with Crippen molar-refractivity contribution in [3.05, 3.63) is 83.8 Å². The minimum atomic E-state index is -3.73. The fourth-order valence-corrected chi connectivity index (χ4v) is 3.64. The van der Waals surface area contributed by atoms with Gasteiger partial charge in [0.25, 0.3) is 10.0 Å². The van der Waals surface area contributed by atoms with E-state index in [-0.39, 0.29) is 10.6 Å². The summed E-state index contributed by atoms with van der Waals surface area (Å²) in [5, 5.41) is 0.453. The van der Waals surface area contributed by atoms with Crippen molar-refractivity contribution >= 4 is 39.4 Å². The van der Waals surface area contributed by atoms with E-state index >= 15 is 0 Å². The van der Waals surface area contributed by atoms with Crippen molar-refractivity contribution in [2.75, 3.05) is 11.4 Å². The fourth-order valence-electron chi connectivity index (χ4n) is 2.31. The number of anilines is 1. The van der Waals surface area contributed by atoms with Crippen LogP contribution in [0.3, 0.4) is 0 Å². The van der Waals surface area contributed by atoms with Gasteiger partial charge in [-0.1, -0.05) is 11.6 Å². The molecule has 0 atom stereocenters. The van der Waals surface area contributed by atoms with E-state index in [1.54, 1.807) is 24.3 Å². The number of furan rings is 1. The van der Waals surface area contributed by atoms with Gasteiger partial charge in [-0.15, -0.1) is 0 Å². The maximum Gasteiger partial charge on any atom is 0.336 e. The summed E-state index contributed by atoms with van der Waals surface area (Å²) in [6.07, 6.45) is 4.23. The molecule has 0 amide bonds. The van der Waals surface area contributed by atoms with Gasteiger partial charge in [0.15, 0.2) is 0 Å². The largest absolute Gasteiger partial charge is 0.465 e. The monoisotopic (exact) mass is 417 g/mol. The summed E-state index contributed by atoms with van der Waals surface area (Å²) in [7, 11) is -2.29. The minimum Gasteiger partial charge on any atom is -0.465 e. The Morgan fingerprint density at radius 3 is 2.36 bits per heavy atom. The molecular weight excluding hydrogens is 402 g/mol. The second-order valence-corrected chi connectivity index (χ2v) is 8.10. The van der Waals surface area contributed by atoms with Crippen molar-refractivity contribution in [2.45, 2.75) is 4.90 Å². The van der Waals surface area contributed by atoms with Crippen LogP contribution in [-0.4, -0.2) is 21.4 Å². The lowest BCUT2D eigenvalue weighted by Gasteiger charge is -2.19. The van der Waals surface area contributed by atoms with Crippen LogP contribution in [0.4, 0.5) is 5.69 Å². The van der Waals surface area contributed by atoms with Gasteiger partial charge in [-0.25, -0.2) is 13.2 Å². The van der Waals surface area contributed by atoms with Crippen molar-refractivity contribution < 1.29 is 22.4 Å². The molecule has 3 aromatic rings. The molecule has 3 rings (SSSR count). The van der Waals surface area contributed by atoms with Crippen LogP contribution >= 0.6 is 11.6 Å². The summed E-state index contributed by atoms with van der Waals surface area (Å²) in [5.74, 6) is 0.239. The predicted molar refractivity (Wildman–Crippen MR) is 107 cm³/mol. The number of halogens is 1. The van der Waals surface area contributed by atoms with Crippen LogP contribution in [0.15, 0.2) is 82.3 Å². The zero-order valence-electron chi connectivity index (χ0n) is 14.8. The number of sulfonamides is 1. The van der Waals surface area contributed by atoms with Gasteiger partial charge in [0.2, 0.25) is 0 Å². The Balaban J connectivity index is 1.69. The molecule has 0 spiro atoms. The summed E-state index contributed by atoms with van der Waals surface area (Å²) < 4.78 is 36.8. The Kier molecular flexibility index (Phi) is 5.87. The molecule has 0 fully saturated rings. The second-order valence-electron chi connectivity index (χ2n) is 5.69. The number of carbonyl (C=O) groups excluding carboxylic acids is 1. The van der Waals surface area contributed by atoms with E-state index in [1.807, 2.05) is 0 Å². The number of esters is 1. The third kappa shape index (κ3) is 4.62. The molecule has 1 heterocycles. The van der Waals surface area contributed by atoms with E-state index in [2.05, 4.69) is 0 Å². The average Bonchev–Trinajstić information content (AvgIpc) is 3.20. The van der Waals surface area contributed by atoms with Crippen molar-refractivity contribution in [2.24, 2.45) is 0 Å². The number of rotatable bonds is 6. The maximum atomic E-state index is 12.7. The van der Waals surface area contributed by atoms with Crippen molar-refractivity contribution in [3.63, 3.8) is 0 Å². The first-order chi connectivity index (χ1) is 13.4. The van der Waals surface area contributed by atoms with Crippen molar-refractivity contribution in [1.29, 1.82) is 0 Å². The van der Waals surface area contributed by atoms with Gasteiger partial charge in [-0.05, 0) is 66.7 Å². The zero-order chi connectivity index (χ0) is 20.1. The van der Waals surface area contributed by atoms with E-state index in [1.165, 1.54) is 61.9 Å². The molecule has 0 saturated carbocycles. The molecule has 0 bridgehead atoms. The van der Waals surface area contributed by atoms with Gasteiger partial charge < -0.3 is 9.15 Å². The SMILES string of the molecule is CN(c1ccc(OC(=O)/C=C/c2ccco2)cc1)S(=O)(=O)c1ccc(Cl)cc1. The molecule has 0 aliphatic heterocycles. The Morgan fingerprint density at radius 2 is 1.75 bits per heavy atom. The summed E-state index contributed by atoms with van der Waals surface area (Å²) >= 11 is 5.81. The van der Waals surface area contributed by atoms with E-state index in [0.29, 0.717) is 16.5 Å². The Labute approximate surface area is 167 Å². The topological polar surface area (TPSA) is 76.8 Å². The lowest BCUT2D eigenvalue weighted by Crippen LogP contribution is -2.26. The molecule has 8 heteroatoms. The molecule has 28 heavy (non-hydrogen) atoms. The van der Waals surface area contributed by atoms with Crippen LogP contribution in [0.5, 0.6) is 5.75 Å². The first-order valence-electron chi connectivity index (χ1n) is 8.14. The van der Waals surface area contributed by atoms with Gasteiger partial charge in [0.05, 0.1) is 16.8 Å². The number of hydrogen-bond acceptors (Lipinski definition) is 5. The first kappa shape index (κ1) is 19.7. The van der Waals surface area contributed by atoms with Crippen LogP contribution in [0, 0.1) is 0 Å². The van der Waals surface area contributed by atoms with Gasteiger partial charge in [0, 0.05) is 18.1 Å². The molecule has 0 N–H and O–H groups in total. The number of benzene rings is 2. The smallest absolute Gasteiger partial charge is 0.336 e. The lowest BCUT2D eigenvalue weighted by atomic mass is 10.3. The van der Waals surface area contributed by atoms with Crippen LogP contribution in [-0.2, 0) is 14.8 Å². The van der Waals surface area contributed by atoms with E-state index in [0.717, 1.165) is 4.31 Å². The lowest BCUT2D eigenvalue weighted by molar-refractivity contribution is -0.128. The van der Waals surface area contributed by atoms with Gasteiger partial charge in [-0.3, -0.25) is 4.31 Å². The summed E-state index contributed by atoms with van der Waals surface area (Å²) in [6, 6.07) is 15.4. The molecule has 6 nitrogen and oxygen atoms in total. The maximum absolute atomic E-state index is 12.7. The molecule has 144 valence electrons. The van der Waals surface area contributed by atoms with Gasteiger partial charge >= 0.3 is 5.97 Å². The van der Waals surface area contributed by atoms with Crippen molar-refractivity contribution in [1.82, 2.24) is 0 Å². The molecule has 0 aliphatic carbocycles. The highest BCUT2D eigenvalue weighted by molar-refractivity contribution is 7.92.